The van der Waals surface area contributed by atoms with E-state index in [-0.39, 0.29) is 12.3 Å². The van der Waals surface area contributed by atoms with Crippen molar-refractivity contribution in [1.82, 2.24) is 0 Å². The molecule has 2 rings (SSSR count). The molecule has 5 heteroatoms. The molecule has 0 radical (unpaired) electrons. The molecule has 0 unspecified atom stereocenters. The van der Waals surface area contributed by atoms with Gasteiger partial charge in [0.25, 0.3) is 0 Å². The van der Waals surface area contributed by atoms with Crippen molar-refractivity contribution in [1.29, 1.82) is 0 Å². The van der Waals surface area contributed by atoms with E-state index < -0.39 is 18.2 Å². The molecule has 0 fully saturated rings. The van der Waals surface area contributed by atoms with Crippen LogP contribution in [0.25, 0.3) is 0 Å². The molecule has 5 nitrogen and oxygen atoms in total. The molecule has 1 heterocycles. The van der Waals surface area contributed by atoms with E-state index in [1.807, 2.05) is 6.07 Å². The van der Waals surface area contributed by atoms with Crippen LogP contribution in [0.5, 0.6) is 0 Å². The van der Waals surface area contributed by atoms with Gasteiger partial charge >= 0.3 is 5.97 Å². The third kappa shape index (κ3) is 4.07. The average Bonchev–Trinajstić information content (AvgIpc) is 2.48. The van der Waals surface area contributed by atoms with Crippen LogP contribution >= 0.6 is 0 Å². The zero-order valence-electron chi connectivity index (χ0n) is 11.2. The normalized spacial score (nSPS) is 10.1. The summed E-state index contributed by atoms with van der Waals surface area (Å²) in [4.78, 5) is 34.0. The Balaban J connectivity index is 2.04. The number of rotatable bonds is 6. The number of Topliss-reactive ketones (excluding diaryl/α,β-unsaturated/α-hetero) is 2. The van der Waals surface area contributed by atoms with Gasteiger partial charge in [0, 0.05) is 23.3 Å². The number of benzene rings is 1. The highest BCUT2D eigenvalue weighted by Crippen LogP contribution is 2.02. The minimum atomic E-state index is -1.16. The van der Waals surface area contributed by atoms with Crippen molar-refractivity contribution in [2.45, 2.75) is 13.0 Å². The summed E-state index contributed by atoms with van der Waals surface area (Å²) in [6, 6.07) is 12.0. The first-order valence-corrected chi connectivity index (χ1v) is 6.38. The summed E-state index contributed by atoms with van der Waals surface area (Å²) in [5.41, 5.74) is 0.942. The van der Waals surface area contributed by atoms with Crippen molar-refractivity contribution in [3.05, 3.63) is 66.0 Å². The van der Waals surface area contributed by atoms with Crippen molar-refractivity contribution < 1.29 is 24.1 Å². The van der Waals surface area contributed by atoms with Crippen molar-refractivity contribution in [2.75, 3.05) is 0 Å². The average molecular weight is 284 g/mol. The number of nitrogens with zero attached hydrogens (tertiary/aromatic N) is 1. The third-order valence-electron chi connectivity index (χ3n) is 2.95. The maximum Gasteiger partial charge on any atom is 0.311 e. The molecule has 1 aromatic heterocycles. The minimum Gasteiger partial charge on any atom is -0.481 e. The summed E-state index contributed by atoms with van der Waals surface area (Å²) in [6.45, 7) is 0.164. The van der Waals surface area contributed by atoms with Crippen LogP contribution in [-0.2, 0) is 11.3 Å². The van der Waals surface area contributed by atoms with Gasteiger partial charge in [-0.3, -0.25) is 14.4 Å². The van der Waals surface area contributed by atoms with E-state index in [0.29, 0.717) is 11.1 Å². The topological polar surface area (TPSA) is 75.3 Å². The quantitative estimate of drug-likeness (QED) is 0.495. The summed E-state index contributed by atoms with van der Waals surface area (Å²) in [5, 5.41) is 8.57. The lowest BCUT2D eigenvalue weighted by molar-refractivity contribution is -0.683. The van der Waals surface area contributed by atoms with E-state index in [1.54, 1.807) is 41.2 Å². The van der Waals surface area contributed by atoms with Gasteiger partial charge in [-0.1, -0.05) is 30.3 Å². The summed E-state index contributed by atoms with van der Waals surface area (Å²) in [6.07, 6.45) is 2.65. The number of carboxylic acid groups (broad SMARTS) is 1. The van der Waals surface area contributed by atoms with Crippen molar-refractivity contribution >= 4 is 17.5 Å². The fourth-order valence-electron chi connectivity index (χ4n) is 1.87. The predicted octanol–water partition coefficient (Wildman–Crippen LogP) is 1.51. The van der Waals surface area contributed by atoms with Crippen molar-refractivity contribution in [3.8, 4) is 0 Å². The first kappa shape index (κ1) is 14.6. The number of carboxylic acids is 1. The molecular weight excluding hydrogens is 270 g/mol. The number of hydrogen-bond donors (Lipinski definition) is 1. The van der Waals surface area contributed by atoms with Gasteiger partial charge in [0.2, 0.25) is 12.3 Å². The Morgan fingerprint density at radius 3 is 2.00 bits per heavy atom. The summed E-state index contributed by atoms with van der Waals surface area (Å²) in [5.74, 6) is -1.65. The van der Waals surface area contributed by atoms with E-state index in [9.17, 15) is 14.4 Å². The maximum absolute atomic E-state index is 12.0. The van der Waals surface area contributed by atoms with E-state index in [4.69, 9.17) is 5.11 Å². The zero-order chi connectivity index (χ0) is 15.2. The van der Waals surface area contributed by atoms with Crippen LogP contribution < -0.4 is 4.57 Å². The molecule has 0 saturated carbocycles. The van der Waals surface area contributed by atoms with Crippen LogP contribution in [0.1, 0.15) is 27.1 Å². The van der Waals surface area contributed by atoms with Gasteiger partial charge in [-0.05, 0) is 0 Å². The first-order valence-electron chi connectivity index (χ1n) is 6.38. The van der Waals surface area contributed by atoms with Crippen LogP contribution in [0.15, 0.2) is 54.9 Å². The Bertz CT molecular complexity index is 662. The third-order valence-corrected chi connectivity index (χ3v) is 2.95. The monoisotopic (exact) mass is 284 g/mol. The second-order valence-corrected chi connectivity index (χ2v) is 4.54. The molecule has 21 heavy (non-hydrogen) atoms. The summed E-state index contributed by atoms with van der Waals surface area (Å²) in [7, 11) is 0. The van der Waals surface area contributed by atoms with E-state index >= 15 is 0 Å². The van der Waals surface area contributed by atoms with Crippen molar-refractivity contribution in [2.24, 2.45) is 0 Å². The molecule has 0 aliphatic heterocycles. The molecule has 0 aliphatic carbocycles. The number of carbonyl (C=O) groups is 3. The van der Waals surface area contributed by atoms with E-state index in [0.717, 1.165) is 0 Å². The molecular formula is C16H14NO4+. The Morgan fingerprint density at radius 1 is 0.857 bits per heavy atom. The van der Waals surface area contributed by atoms with Crippen molar-refractivity contribution in [3.63, 3.8) is 0 Å². The molecule has 0 saturated heterocycles. The molecule has 0 atom stereocenters. The molecule has 1 N–H and O–H groups in total. The van der Waals surface area contributed by atoms with Crippen LogP contribution in [0.3, 0.4) is 0 Å². The number of ketones is 2. The Morgan fingerprint density at radius 2 is 1.43 bits per heavy atom. The maximum atomic E-state index is 12.0. The number of pyridine rings is 1. The fourth-order valence-corrected chi connectivity index (χ4v) is 1.87. The highest BCUT2D eigenvalue weighted by Gasteiger charge is 2.14. The summed E-state index contributed by atoms with van der Waals surface area (Å²) >= 11 is 0. The highest BCUT2D eigenvalue weighted by molar-refractivity contribution is 6.05. The molecule has 106 valence electrons. The first-order chi connectivity index (χ1) is 10.1. The largest absolute Gasteiger partial charge is 0.481 e. The lowest BCUT2D eigenvalue weighted by Crippen LogP contribution is -2.37. The zero-order valence-corrected chi connectivity index (χ0v) is 11.2. The highest BCUT2D eigenvalue weighted by atomic mass is 16.4. The van der Waals surface area contributed by atoms with Gasteiger partial charge in [0.15, 0.2) is 18.2 Å². The smallest absolute Gasteiger partial charge is 0.311 e. The molecule has 1 aromatic carbocycles. The van der Waals surface area contributed by atoms with Gasteiger partial charge in [0.05, 0.1) is 0 Å². The van der Waals surface area contributed by atoms with E-state index in [1.165, 1.54) is 12.1 Å². The number of aromatic nitrogens is 1. The molecule has 0 amide bonds. The fraction of sp³-hybridized carbons (Fsp3) is 0.125. The van der Waals surface area contributed by atoms with Crippen LogP contribution in [0.2, 0.25) is 0 Å². The number of hydrogen-bond acceptors (Lipinski definition) is 3. The second kappa shape index (κ2) is 6.56. The molecule has 0 bridgehead atoms. The van der Waals surface area contributed by atoms with Gasteiger partial charge in [-0.25, -0.2) is 0 Å². The van der Waals surface area contributed by atoms with Crippen LogP contribution in [0.4, 0.5) is 0 Å². The van der Waals surface area contributed by atoms with Gasteiger partial charge < -0.3 is 5.11 Å². The Kier molecular flexibility index (Phi) is 4.56. The predicted molar refractivity (Wildman–Crippen MR) is 74.0 cm³/mol. The van der Waals surface area contributed by atoms with Gasteiger partial charge in [-0.15, -0.1) is 0 Å². The Hall–Kier alpha value is -2.82. The molecule has 2 aromatic rings. The molecule has 0 aliphatic rings. The SMILES string of the molecule is O=C(O)CC(=O)c1cc[n+](CC(=O)c2ccccc2)cc1. The van der Waals surface area contributed by atoms with E-state index in [2.05, 4.69) is 0 Å². The second-order valence-electron chi connectivity index (χ2n) is 4.54. The minimum absolute atomic E-state index is 0.0368. The molecule has 0 spiro atoms. The lowest BCUT2D eigenvalue weighted by Gasteiger charge is -1.99. The Labute approximate surface area is 121 Å². The van der Waals surface area contributed by atoms with Crippen LogP contribution in [-0.4, -0.2) is 22.6 Å². The number of aliphatic carboxylic acids is 1. The summed E-state index contributed by atoms with van der Waals surface area (Å²) < 4.78 is 1.65. The lowest BCUT2D eigenvalue weighted by atomic mass is 10.1. The number of carbonyl (C=O) groups excluding carboxylic acids is 2. The van der Waals surface area contributed by atoms with Gasteiger partial charge in [0.1, 0.15) is 6.42 Å². The van der Waals surface area contributed by atoms with Gasteiger partial charge in [-0.2, -0.15) is 4.57 Å². The van der Waals surface area contributed by atoms with Crippen LogP contribution in [0, 0.1) is 0 Å². The standard InChI is InChI=1S/C16H13NO4/c18-14(10-16(20)21)13-6-8-17(9-7-13)11-15(19)12-4-2-1-3-5-12/h1-9H,10-11H2/p+1.